The molecule has 0 aromatic heterocycles. The van der Waals surface area contributed by atoms with Crippen LogP contribution in [0.15, 0.2) is 24.3 Å². The summed E-state index contributed by atoms with van der Waals surface area (Å²) in [5.74, 6) is 0.699. The van der Waals surface area contributed by atoms with Crippen molar-refractivity contribution in [1.29, 1.82) is 0 Å². The lowest BCUT2D eigenvalue weighted by Gasteiger charge is -2.21. The van der Waals surface area contributed by atoms with Gasteiger partial charge in [0.05, 0.1) is 0 Å². The molecule has 0 radical (unpaired) electrons. The first-order valence-electron chi connectivity index (χ1n) is 6.23. The van der Waals surface area contributed by atoms with Crippen LogP contribution in [0.3, 0.4) is 0 Å². The summed E-state index contributed by atoms with van der Waals surface area (Å²) in [6.45, 7) is 1.97. The summed E-state index contributed by atoms with van der Waals surface area (Å²) in [5.41, 5.74) is 1.19. The minimum absolute atomic E-state index is 0.281. The number of aryl methyl sites for hydroxylation is 1. The van der Waals surface area contributed by atoms with Crippen LogP contribution in [-0.2, 0) is 11.2 Å². The topological polar surface area (TPSA) is 29.1 Å². The zero-order valence-corrected chi connectivity index (χ0v) is 10.7. The fraction of sp³-hybridized carbons (Fsp3) is 0.500. The Hall–Kier alpha value is -0.860. The molecule has 1 heterocycles. The first-order valence-corrected chi connectivity index (χ1v) is 6.61. The van der Waals surface area contributed by atoms with Gasteiger partial charge in [-0.3, -0.25) is 4.79 Å². The molecule has 0 amide bonds. The highest BCUT2D eigenvalue weighted by molar-refractivity contribution is 6.30. The van der Waals surface area contributed by atoms with E-state index in [9.17, 15) is 4.79 Å². The molecule has 1 N–H and O–H groups in total. The summed E-state index contributed by atoms with van der Waals surface area (Å²) in [7, 11) is 0. The van der Waals surface area contributed by atoms with E-state index in [1.807, 2.05) is 24.3 Å². The van der Waals surface area contributed by atoms with Gasteiger partial charge in [-0.05, 0) is 50.0 Å². The highest BCUT2D eigenvalue weighted by Gasteiger charge is 2.20. The first kappa shape index (κ1) is 12.6. The molecule has 1 saturated heterocycles. The second kappa shape index (κ2) is 6.18. The molecule has 0 spiro atoms. The highest BCUT2D eigenvalue weighted by atomic mass is 35.5. The number of ketones is 1. The van der Waals surface area contributed by atoms with Crippen LogP contribution in [-0.4, -0.2) is 18.9 Å². The molecule has 0 bridgehead atoms. The van der Waals surface area contributed by atoms with E-state index in [1.54, 1.807) is 0 Å². The third kappa shape index (κ3) is 3.83. The molecule has 0 aliphatic carbocycles. The van der Waals surface area contributed by atoms with Crippen molar-refractivity contribution in [2.75, 3.05) is 13.1 Å². The van der Waals surface area contributed by atoms with Gasteiger partial charge < -0.3 is 5.32 Å². The maximum Gasteiger partial charge on any atom is 0.136 e. The molecule has 0 saturated carbocycles. The standard InChI is InChI=1S/C14H18ClNO/c15-13-4-1-11(2-5-13)3-6-14(17)12-7-9-16-10-8-12/h1-2,4-5,12,16H,3,6-10H2. The molecule has 2 rings (SSSR count). The molecular weight excluding hydrogens is 234 g/mol. The average molecular weight is 252 g/mol. The molecule has 1 aromatic rings. The van der Waals surface area contributed by atoms with Crippen LogP contribution in [0.1, 0.15) is 24.8 Å². The molecule has 92 valence electrons. The number of piperidine rings is 1. The van der Waals surface area contributed by atoms with Crippen LogP contribution < -0.4 is 5.32 Å². The molecule has 2 nitrogen and oxygen atoms in total. The number of hydrogen-bond acceptors (Lipinski definition) is 2. The second-order valence-electron chi connectivity index (χ2n) is 4.62. The lowest BCUT2D eigenvalue weighted by molar-refractivity contribution is -0.123. The van der Waals surface area contributed by atoms with E-state index in [-0.39, 0.29) is 5.92 Å². The van der Waals surface area contributed by atoms with Gasteiger partial charge in [0, 0.05) is 17.4 Å². The lowest BCUT2D eigenvalue weighted by Crippen LogP contribution is -2.31. The molecule has 1 aromatic carbocycles. The summed E-state index contributed by atoms with van der Waals surface area (Å²) < 4.78 is 0. The minimum Gasteiger partial charge on any atom is -0.317 e. The minimum atomic E-state index is 0.281. The molecule has 1 aliphatic rings. The predicted molar refractivity (Wildman–Crippen MR) is 70.4 cm³/mol. The number of carbonyl (C=O) groups is 1. The van der Waals surface area contributed by atoms with Crippen molar-refractivity contribution >= 4 is 17.4 Å². The SMILES string of the molecule is O=C(CCc1ccc(Cl)cc1)C1CCNCC1. The largest absolute Gasteiger partial charge is 0.317 e. The third-order valence-corrected chi connectivity index (χ3v) is 3.62. The van der Waals surface area contributed by atoms with E-state index in [0.29, 0.717) is 12.2 Å². The Morgan fingerprint density at radius 1 is 1.24 bits per heavy atom. The smallest absolute Gasteiger partial charge is 0.136 e. The van der Waals surface area contributed by atoms with Crippen LogP contribution in [0.2, 0.25) is 5.02 Å². The van der Waals surface area contributed by atoms with Crippen LogP contribution in [0.5, 0.6) is 0 Å². The van der Waals surface area contributed by atoms with E-state index < -0.39 is 0 Å². The summed E-state index contributed by atoms with van der Waals surface area (Å²) in [6, 6.07) is 7.76. The Morgan fingerprint density at radius 3 is 2.53 bits per heavy atom. The fourth-order valence-electron chi connectivity index (χ4n) is 2.27. The summed E-state index contributed by atoms with van der Waals surface area (Å²) in [4.78, 5) is 12.0. The van der Waals surface area contributed by atoms with Crippen molar-refractivity contribution in [2.45, 2.75) is 25.7 Å². The van der Waals surface area contributed by atoms with Crippen molar-refractivity contribution in [3.8, 4) is 0 Å². The average Bonchev–Trinajstić information content (AvgIpc) is 2.39. The predicted octanol–water partition coefficient (Wildman–Crippen LogP) is 2.84. The fourth-order valence-corrected chi connectivity index (χ4v) is 2.39. The van der Waals surface area contributed by atoms with E-state index in [1.165, 1.54) is 5.56 Å². The zero-order valence-electron chi connectivity index (χ0n) is 9.92. The molecular formula is C14H18ClNO. The van der Waals surface area contributed by atoms with Crippen molar-refractivity contribution in [3.63, 3.8) is 0 Å². The van der Waals surface area contributed by atoms with Gasteiger partial charge in [0.1, 0.15) is 5.78 Å². The van der Waals surface area contributed by atoms with E-state index in [0.717, 1.165) is 37.4 Å². The maximum absolute atomic E-state index is 12.0. The third-order valence-electron chi connectivity index (χ3n) is 3.37. The molecule has 17 heavy (non-hydrogen) atoms. The molecule has 1 aliphatic heterocycles. The van der Waals surface area contributed by atoms with Crippen LogP contribution in [0.25, 0.3) is 0 Å². The Labute approximate surface area is 107 Å². The Bertz CT molecular complexity index is 368. The van der Waals surface area contributed by atoms with Gasteiger partial charge in [0.2, 0.25) is 0 Å². The lowest BCUT2D eigenvalue weighted by atomic mass is 9.90. The number of nitrogens with one attached hydrogen (secondary N) is 1. The summed E-state index contributed by atoms with van der Waals surface area (Å²) in [5, 5.41) is 4.03. The van der Waals surface area contributed by atoms with Gasteiger partial charge in [-0.1, -0.05) is 23.7 Å². The van der Waals surface area contributed by atoms with Crippen LogP contribution >= 0.6 is 11.6 Å². The van der Waals surface area contributed by atoms with Crippen molar-refractivity contribution in [1.82, 2.24) is 5.32 Å². The Kier molecular flexibility index (Phi) is 4.57. The number of hydrogen-bond donors (Lipinski definition) is 1. The zero-order chi connectivity index (χ0) is 12.1. The number of carbonyl (C=O) groups excluding carboxylic acids is 1. The monoisotopic (exact) mass is 251 g/mol. The second-order valence-corrected chi connectivity index (χ2v) is 5.05. The molecule has 1 fully saturated rings. The van der Waals surface area contributed by atoms with Crippen molar-refractivity contribution < 1.29 is 4.79 Å². The van der Waals surface area contributed by atoms with Crippen LogP contribution in [0.4, 0.5) is 0 Å². The summed E-state index contributed by atoms with van der Waals surface area (Å²) in [6.07, 6.45) is 3.49. The van der Waals surface area contributed by atoms with Gasteiger partial charge >= 0.3 is 0 Å². The number of Topliss-reactive ketones (excluding diaryl/α,β-unsaturated/α-hetero) is 1. The number of benzene rings is 1. The van der Waals surface area contributed by atoms with Crippen molar-refractivity contribution in [2.24, 2.45) is 5.92 Å². The van der Waals surface area contributed by atoms with E-state index in [4.69, 9.17) is 11.6 Å². The normalized spacial score (nSPS) is 17.0. The van der Waals surface area contributed by atoms with Gasteiger partial charge in [0.15, 0.2) is 0 Å². The molecule has 0 unspecified atom stereocenters. The van der Waals surface area contributed by atoms with Crippen molar-refractivity contribution in [3.05, 3.63) is 34.9 Å². The van der Waals surface area contributed by atoms with E-state index >= 15 is 0 Å². The Balaban J connectivity index is 1.81. The van der Waals surface area contributed by atoms with E-state index in [2.05, 4.69) is 5.32 Å². The molecule has 3 heteroatoms. The molecule has 0 atom stereocenters. The summed E-state index contributed by atoms with van der Waals surface area (Å²) >= 11 is 5.82. The highest BCUT2D eigenvalue weighted by Crippen LogP contribution is 2.17. The quantitative estimate of drug-likeness (QED) is 0.892. The first-order chi connectivity index (χ1) is 8.25. The van der Waals surface area contributed by atoms with Gasteiger partial charge in [-0.15, -0.1) is 0 Å². The van der Waals surface area contributed by atoms with Gasteiger partial charge in [-0.25, -0.2) is 0 Å². The van der Waals surface area contributed by atoms with Gasteiger partial charge in [0.25, 0.3) is 0 Å². The van der Waals surface area contributed by atoms with Crippen LogP contribution in [0, 0.1) is 5.92 Å². The number of rotatable bonds is 4. The maximum atomic E-state index is 12.0. The van der Waals surface area contributed by atoms with Gasteiger partial charge in [-0.2, -0.15) is 0 Å². The Morgan fingerprint density at radius 2 is 1.88 bits per heavy atom. The number of halogens is 1.